The molecule has 114 valence electrons. The highest BCUT2D eigenvalue weighted by Gasteiger charge is 2.14. The minimum Gasteiger partial charge on any atom is -0.379 e. The summed E-state index contributed by atoms with van der Waals surface area (Å²) >= 11 is 0. The van der Waals surface area contributed by atoms with Crippen LogP contribution in [0, 0.1) is 12.8 Å². The molecule has 2 nitrogen and oxygen atoms in total. The van der Waals surface area contributed by atoms with Gasteiger partial charge in [-0.05, 0) is 36.6 Å². The molecule has 0 saturated carbocycles. The first-order chi connectivity index (χ1) is 10.7. The van der Waals surface area contributed by atoms with E-state index < -0.39 is 0 Å². The van der Waals surface area contributed by atoms with Crippen LogP contribution in [0.5, 0.6) is 0 Å². The summed E-state index contributed by atoms with van der Waals surface area (Å²) in [6, 6.07) is 19.1. The maximum Gasteiger partial charge on any atom is 0.0556 e. The summed E-state index contributed by atoms with van der Waals surface area (Å²) in [6.07, 6.45) is 0. The van der Waals surface area contributed by atoms with Crippen LogP contribution in [0.25, 0.3) is 10.9 Å². The molecule has 0 radical (unpaired) electrons. The fraction of sp³-hybridized carbons (Fsp3) is 0.300. The van der Waals surface area contributed by atoms with Gasteiger partial charge in [0.2, 0.25) is 0 Å². The Hall–Kier alpha value is -2.22. The Morgan fingerprint density at radius 2 is 1.64 bits per heavy atom. The summed E-state index contributed by atoms with van der Waals surface area (Å²) in [4.78, 5) is 0. The fourth-order valence-electron chi connectivity index (χ4n) is 3.07. The van der Waals surface area contributed by atoms with Crippen molar-refractivity contribution in [1.29, 1.82) is 0 Å². The zero-order valence-electron chi connectivity index (χ0n) is 13.6. The molecule has 0 bridgehead atoms. The van der Waals surface area contributed by atoms with Gasteiger partial charge in [-0.3, -0.25) is 0 Å². The number of nitrogens with one attached hydrogen (secondary N) is 1. The second-order valence-corrected chi connectivity index (χ2v) is 6.31. The van der Waals surface area contributed by atoms with Gasteiger partial charge < -0.3 is 9.88 Å². The monoisotopic (exact) mass is 292 g/mol. The number of rotatable bonds is 5. The van der Waals surface area contributed by atoms with E-state index >= 15 is 0 Å². The van der Waals surface area contributed by atoms with Gasteiger partial charge in [-0.2, -0.15) is 0 Å². The molecule has 0 amide bonds. The number of aryl methyl sites for hydroxylation is 1. The lowest BCUT2D eigenvalue weighted by Crippen LogP contribution is -2.12. The van der Waals surface area contributed by atoms with E-state index in [1.54, 1.807) is 0 Å². The third-order valence-electron chi connectivity index (χ3n) is 4.14. The SMILES string of the molecule is Cc1c(CNc2ccccc2)n(CC(C)C)c2ccccc12. The van der Waals surface area contributed by atoms with E-state index in [2.05, 4.69) is 79.2 Å². The lowest BCUT2D eigenvalue weighted by molar-refractivity contribution is 0.523. The van der Waals surface area contributed by atoms with Crippen LogP contribution in [-0.4, -0.2) is 4.57 Å². The topological polar surface area (TPSA) is 17.0 Å². The highest BCUT2D eigenvalue weighted by atomic mass is 15.0. The Balaban J connectivity index is 1.98. The molecule has 0 aliphatic heterocycles. The van der Waals surface area contributed by atoms with Gasteiger partial charge in [0.05, 0.1) is 6.54 Å². The highest BCUT2D eigenvalue weighted by Crippen LogP contribution is 2.27. The average molecular weight is 292 g/mol. The van der Waals surface area contributed by atoms with Crippen LogP contribution in [0.15, 0.2) is 54.6 Å². The van der Waals surface area contributed by atoms with E-state index in [0.717, 1.165) is 13.1 Å². The van der Waals surface area contributed by atoms with Crippen molar-refractivity contribution in [2.45, 2.75) is 33.9 Å². The van der Waals surface area contributed by atoms with Gasteiger partial charge in [0.15, 0.2) is 0 Å². The van der Waals surface area contributed by atoms with E-state index in [0.29, 0.717) is 5.92 Å². The van der Waals surface area contributed by atoms with Crippen molar-refractivity contribution in [2.24, 2.45) is 5.92 Å². The summed E-state index contributed by atoms with van der Waals surface area (Å²) in [7, 11) is 0. The molecule has 1 N–H and O–H groups in total. The molecular weight excluding hydrogens is 268 g/mol. The van der Waals surface area contributed by atoms with E-state index in [-0.39, 0.29) is 0 Å². The van der Waals surface area contributed by atoms with Crippen LogP contribution in [0.1, 0.15) is 25.1 Å². The molecule has 0 aliphatic carbocycles. The first-order valence-electron chi connectivity index (χ1n) is 8.02. The predicted molar refractivity (Wildman–Crippen MR) is 95.3 cm³/mol. The van der Waals surface area contributed by atoms with Crippen molar-refractivity contribution >= 4 is 16.6 Å². The van der Waals surface area contributed by atoms with Gasteiger partial charge in [0.1, 0.15) is 0 Å². The third kappa shape index (κ3) is 2.87. The quantitative estimate of drug-likeness (QED) is 0.682. The molecule has 3 aromatic rings. The zero-order chi connectivity index (χ0) is 15.5. The van der Waals surface area contributed by atoms with Gasteiger partial charge >= 0.3 is 0 Å². The Labute approximate surface area is 132 Å². The molecule has 2 heteroatoms. The van der Waals surface area contributed by atoms with Crippen LogP contribution in [-0.2, 0) is 13.1 Å². The number of aromatic nitrogens is 1. The van der Waals surface area contributed by atoms with Gasteiger partial charge in [0, 0.05) is 28.8 Å². The molecule has 0 fully saturated rings. The van der Waals surface area contributed by atoms with E-state index in [1.807, 2.05) is 6.07 Å². The van der Waals surface area contributed by atoms with Crippen LogP contribution < -0.4 is 5.32 Å². The Bertz CT molecular complexity index is 754. The number of anilines is 1. The number of fused-ring (bicyclic) bond motifs is 1. The highest BCUT2D eigenvalue weighted by molar-refractivity contribution is 5.85. The molecule has 1 aromatic heterocycles. The van der Waals surface area contributed by atoms with Gasteiger partial charge in [-0.1, -0.05) is 50.2 Å². The summed E-state index contributed by atoms with van der Waals surface area (Å²) < 4.78 is 2.48. The summed E-state index contributed by atoms with van der Waals surface area (Å²) in [5, 5.41) is 4.92. The molecule has 0 saturated heterocycles. The Morgan fingerprint density at radius 1 is 0.955 bits per heavy atom. The van der Waals surface area contributed by atoms with Crippen LogP contribution >= 0.6 is 0 Å². The van der Waals surface area contributed by atoms with Crippen molar-refractivity contribution in [2.75, 3.05) is 5.32 Å². The normalized spacial score (nSPS) is 11.3. The van der Waals surface area contributed by atoms with Gasteiger partial charge in [-0.15, -0.1) is 0 Å². The van der Waals surface area contributed by atoms with E-state index in [1.165, 1.54) is 27.8 Å². The summed E-state index contributed by atoms with van der Waals surface area (Å²) in [5.41, 5.74) is 5.29. The van der Waals surface area contributed by atoms with Crippen molar-refractivity contribution in [3.05, 3.63) is 65.9 Å². The Kier molecular flexibility index (Phi) is 4.19. The van der Waals surface area contributed by atoms with E-state index in [4.69, 9.17) is 0 Å². The number of hydrogen-bond donors (Lipinski definition) is 1. The number of nitrogens with zero attached hydrogens (tertiary/aromatic N) is 1. The molecule has 0 unspecified atom stereocenters. The first kappa shape index (κ1) is 14.7. The molecular formula is C20H24N2. The maximum absolute atomic E-state index is 3.56. The minimum absolute atomic E-state index is 0.630. The third-order valence-corrected chi connectivity index (χ3v) is 4.14. The molecule has 0 atom stereocenters. The van der Waals surface area contributed by atoms with Gasteiger partial charge in [-0.25, -0.2) is 0 Å². The standard InChI is InChI=1S/C20H24N2/c1-15(2)14-22-19-12-8-7-11-18(19)16(3)20(22)13-21-17-9-5-4-6-10-17/h4-12,15,21H,13-14H2,1-3H3. The van der Waals surface area contributed by atoms with Crippen LogP contribution in [0.3, 0.4) is 0 Å². The largest absolute Gasteiger partial charge is 0.379 e. The number of benzene rings is 2. The number of para-hydroxylation sites is 2. The fourth-order valence-corrected chi connectivity index (χ4v) is 3.07. The molecule has 3 rings (SSSR count). The number of hydrogen-bond acceptors (Lipinski definition) is 1. The summed E-state index contributed by atoms with van der Waals surface area (Å²) in [6.45, 7) is 8.70. The molecule has 0 aliphatic rings. The van der Waals surface area contributed by atoms with Gasteiger partial charge in [0.25, 0.3) is 0 Å². The molecule has 0 spiro atoms. The second kappa shape index (κ2) is 6.27. The first-order valence-corrected chi connectivity index (χ1v) is 8.02. The Morgan fingerprint density at radius 3 is 2.36 bits per heavy atom. The van der Waals surface area contributed by atoms with Crippen molar-refractivity contribution in [3.8, 4) is 0 Å². The maximum atomic E-state index is 3.56. The second-order valence-electron chi connectivity index (χ2n) is 6.31. The molecule has 1 heterocycles. The summed E-state index contributed by atoms with van der Waals surface area (Å²) in [5.74, 6) is 0.630. The van der Waals surface area contributed by atoms with Crippen LogP contribution in [0.2, 0.25) is 0 Å². The molecule has 22 heavy (non-hydrogen) atoms. The van der Waals surface area contributed by atoms with Crippen molar-refractivity contribution in [1.82, 2.24) is 4.57 Å². The molecule has 2 aromatic carbocycles. The average Bonchev–Trinajstić information content (AvgIpc) is 2.79. The van der Waals surface area contributed by atoms with Crippen LogP contribution in [0.4, 0.5) is 5.69 Å². The van der Waals surface area contributed by atoms with E-state index in [9.17, 15) is 0 Å². The van der Waals surface area contributed by atoms with Crippen molar-refractivity contribution < 1.29 is 0 Å². The van der Waals surface area contributed by atoms with Crippen molar-refractivity contribution in [3.63, 3.8) is 0 Å². The lowest BCUT2D eigenvalue weighted by Gasteiger charge is -2.15. The minimum atomic E-state index is 0.630. The zero-order valence-corrected chi connectivity index (χ0v) is 13.6. The predicted octanol–water partition coefficient (Wildman–Crippen LogP) is 5.22. The smallest absolute Gasteiger partial charge is 0.0556 e. The lowest BCUT2D eigenvalue weighted by atomic mass is 10.1.